The van der Waals surface area contributed by atoms with Crippen LogP contribution >= 0.6 is 24.8 Å². The fourth-order valence-corrected chi connectivity index (χ4v) is 4.30. The average Bonchev–Trinajstić information content (AvgIpc) is 3.21. The van der Waals surface area contributed by atoms with Gasteiger partial charge in [-0.15, -0.1) is 24.8 Å². The molecule has 0 aromatic carbocycles. The first-order valence-electron chi connectivity index (χ1n) is 9.59. The van der Waals surface area contributed by atoms with E-state index in [4.69, 9.17) is 10.5 Å². The topological polar surface area (TPSA) is 58.8 Å². The third-order valence-corrected chi connectivity index (χ3v) is 5.91. The van der Waals surface area contributed by atoms with Gasteiger partial charge in [-0.2, -0.15) is 0 Å². The number of amides is 1. The number of carbonyl (C=O) groups is 1. The number of ether oxygens (including phenoxy) is 1. The van der Waals surface area contributed by atoms with Crippen molar-refractivity contribution in [1.29, 1.82) is 0 Å². The molecule has 0 radical (unpaired) electrons. The van der Waals surface area contributed by atoms with Gasteiger partial charge < -0.3 is 20.3 Å². The van der Waals surface area contributed by atoms with Gasteiger partial charge in [-0.1, -0.05) is 6.42 Å². The summed E-state index contributed by atoms with van der Waals surface area (Å²) >= 11 is 0. The summed E-state index contributed by atoms with van der Waals surface area (Å²) in [5.41, 5.74) is 6.09. The van der Waals surface area contributed by atoms with Crippen LogP contribution in [0.2, 0.25) is 0 Å². The van der Waals surface area contributed by atoms with Crippen molar-refractivity contribution in [2.45, 2.75) is 63.5 Å². The molecule has 0 bridgehead atoms. The molecule has 1 amide bonds. The number of carbonyl (C=O) groups excluding carboxylic acids is 1. The van der Waals surface area contributed by atoms with Crippen molar-refractivity contribution in [3.05, 3.63) is 0 Å². The van der Waals surface area contributed by atoms with Crippen LogP contribution in [0.15, 0.2) is 0 Å². The van der Waals surface area contributed by atoms with Crippen LogP contribution < -0.4 is 5.73 Å². The number of nitrogens with two attached hydrogens (primary N) is 1. The quantitative estimate of drug-likeness (QED) is 0.749. The maximum absolute atomic E-state index is 12.4. The Bertz CT molecular complexity index is 387. The number of piperidine rings is 1. The van der Waals surface area contributed by atoms with Gasteiger partial charge in [0.25, 0.3) is 0 Å². The van der Waals surface area contributed by atoms with Crippen LogP contribution in [-0.2, 0) is 9.53 Å². The van der Waals surface area contributed by atoms with E-state index in [-0.39, 0.29) is 30.9 Å². The first kappa shape index (κ1) is 23.0. The van der Waals surface area contributed by atoms with E-state index in [1.807, 2.05) is 4.90 Å². The zero-order chi connectivity index (χ0) is 16.1. The van der Waals surface area contributed by atoms with Crippen molar-refractivity contribution in [2.75, 3.05) is 39.3 Å². The van der Waals surface area contributed by atoms with Crippen molar-refractivity contribution in [1.82, 2.24) is 9.80 Å². The van der Waals surface area contributed by atoms with Crippen LogP contribution in [-0.4, -0.2) is 67.2 Å². The Balaban J connectivity index is 0.00000156. The number of halogens is 2. The number of hydrogen-bond acceptors (Lipinski definition) is 4. The summed E-state index contributed by atoms with van der Waals surface area (Å²) in [6.07, 6.45) is 9.05. The Hall–Kier alpha value is -0.0700. The molecule has 0 aromatic rings. The fraction of sp³-hybridized carbons (Fsp3) is 0.944. The average molecular weight is 396 g/mol. The Kier molecular flexibility index (Phi) is 10.7. The highest BCUT2D eigenvalue weighted by Crippen LogP contribution is 2.28. The van der Waals surface area contributed by atoms with Gasteiger partial charge >= 0.3 is 0 Å². The van der Waals surface area contributed by atoms with Crippen LogP contribution in [0.5, 0.6) is 0 Å². The van der Waals surface area contributed by atoms with E-state index in [0.717, 1.165) is 51.9 Å². The van der Waals surface area contributed by atoms with Crippen LogP contribution in [0.4, 0.5) is 0 Å². The highest BCUT2D eigenvalue weighted by molar-refractivity contribution is 5.85. The largest absolute Gasteiger partial charge is 0.377 e. The second-order valence-corrected chi connectivity index (χ2v) is 7.56. The van der Waals surface area contributed by atoms with E-state index in [1.54, 1.807) is 0 Å². The molecular weight excluding hydrogens is 361 g/mol. The van der Waals surface area contributed by atoms with E-state index in [2.05, 4.69) is 4.90 Å². The van der Waals surface area contributed by atoms with Gasteiger partial charge in [-0.05, 0) is 57.5 Å². The minimum atomic E-state index is 0. The second-order valence-electron chi connectivity index (χ2n) is 7.56. The Morgan fingerprint density at radius 2 is 1.64 bits per heavy atom. The molecular formula is C18H35Cl2N3O2. The standard InChI is InChI=1S/C18H33N3O2.2ClH/c19-17-5-3-4-15(17)14-18(22)21-10-6-16(7-11-21)23-13-12-20-8-1-2-9-20;;/h15-17H,1-14,19H2;2*1H/t15-,17+;;/m0../s1. The molecule has 2 heterocycles. The van der Waals surface area contributed by atoms with Crippen molar-refractivity contribution < 1.29 is 9.53 Å². The lowest BCUT2D eigenvalue weighted by molar-refractivity contribution is -0.135. The second kappa shape index (κ2) is 11.6. The highest BCUT2D eigenvalue weighted by Gasteiger charge is 2.29. The molecule has 0 unspecified atom stereocenters. The summed E-state index contributed by atoms with van der Waals surface area (Å²) in [7, 11) is 0. The summed E-state index contributed by atoms with van der Waals surface area (Å²) in [5, 5.41) is 0. The molecule has 5 nitrogen and oxygen atoms in total. The summed E-state index contributed by atoms with van der Waals surface area (Å²) in [4.78, 5) is 16.9. The lowest BCUT2D eigenvalue weighted by Crippen LogP contribution is -2.42. The highest BCUT2D eigenvalue weighted by atomic mass is 35.5. The zero-order valence-electron chi connectivity index (χ0n) is 15.2. The molecule has 2 N–H and O–H groups in total. The van der Waals surface area contributed by atoms with Gasteiger partial charge in [0.1, 0.15) is 0 Å². The summed E-state index contributed by atoms with van der Waals surface area (Å²) < 4.78 is 6.02. The maximum Gasteiger partial charge on any atom is 0.222 e. The third kappa shape index (κ3) is 6.87. The van der Waals surface area contributed by atoms with Crippen LogP contribution in [0.1, 0.15) is 51.4 Å². The van der Waals surface area contributed by atoms with Crippen molar-refractivity contribution >= 4 is 30.7 Å². The van der Waals surface area contributed by atoms with Crippen molar-refractivity contribution in [3.63, 3.8) is 0 Å². The number of rotatable bonds is 6. The van der Waals surface area contributed by atoms with E-state index in [0.29, 0.717) is 24.3 Å². The molecule has 3 fully saturated rings. The van der Waals surface area contributed by atoms with Crippen LogP contribution in [0.3, 0.4) is 0 Å². The molecule has 2 atom stereocenters. The number of nitrogens with zero attached hydrogens (tertiary/aromatic N) is 2. The Morgan fingerprint density at radius 1 is 0.960 bits per heavy atom. The SMILES string of the molecule is Cl.Cl.N[C@@H]1CCC[C@H]1CC(=O)N1CCC(OCCN2CCCC2)CC1. The number of hydrogen-bond donors (Lipinski definition) is 1. The molecule has 148 valence electrons. The van der Waals surface area contributed by atoms with Crippen LogP contribution in [0.25, 0.3) is 0 Å². The molecule has 1 saturated carbocycles. The first-order valence-corrected chi connectivity index (χ1v) is 9.59. The van der Waals surface area contributed by atoms with E-state index >= 15 is 0 Å². The molecule has 3 rings (SSSR count). The van der Waals surface area contributed by atoms with Gasteiger partial charge in [0.2, 0.25) is 5.91 Å². The molecule has 2 aliphatic heterocycles. The smallest absolute Gasteiger partial charge is 0.222 e. The van der Waals surface area contributed by atoms with Gasteiger partial charge in [-0.25, -0.2) is 0 Å². The fourth-order valence-electron chi connectivity index (χ4n) is 4.30. The molecule has 0 spiro atoms. The molecule has 25 heavy (non-hydrogen) atoms. The summed E-state index contributed by atoms with van der Waals surface area (Å²) in [6.45, 7) is 6.10. The van der Waals surface area contributed by atoms with Crippen LogP contribution in [0, 0.1) is 5.92 Å². The maximum atomic E-state index is 12.4. The molecule has 0 aromatic heterocycles. The number of likely N-dealkylation sites (tertiary alicyclic amines) is 2. The first-order chi connectivity index (χ1) is 11.2. The third-order valence-electron chi connectivity index (χ3n) is 5.91. The van der Waals surface area contributed by atoms with E-state index in [1.165, 1.54) is 32.4 Å². The van der Waals surface area contributed by atoms with E-state index in [9.17, 15) is 4.79 Å². The predicted molar refractivity (Wildman–Crippen MR) is 106 cm³/mol. The van der Waals surface area contributed by atoms with Gasteiger partial charge in [0, 0.05) is 32.1 Å². The lowest BCUT2D eigenvalue weighted by atomic mass is 9.98. The molecule has 1 aliphatic carbocycles. The minimum Gasteiger partial charge on any atom is -0.377 e. The zero-order valence-corrected chi connectivity index (χ0v) is 16.9. The molecule has 3 aliphatic rings. The molecule has 7 heteroatoms. The Morgan fingerprint density at radius 3 is 2.24 bits per heavy atom. The van der Waals surface area contributed by atoms with E-state index < -0.39 is 0 Å². The van der Waals surface area contributed by atoms with Gasteiger partial charge in [0.15, 0.2) is 0 Å². The van der Waals surface area contributed by atoms with Gasteiger partial charge in [0.05, 0.1) is 12.7 Å². The van der Waals surface area contributed by atoms with Crippen molar-refractivity contribution in [2.24, 2.45) is 11.7 Å². The summed E-state index contributed by atoms with van der Waals surface area (Å²) in [5.74, 6) is 0.722. The summed E-state index contributed by atoms with van der Waals surface area (Å²) in [6, 6.07) is 0.241. The normalized spacial score (nSPS) is 27.8. The van der Waals surface area contributed by atoms with Gasteiger partial charge in [-0.3, -0.25) is 4.79 Å². The van der Waals surface area contributed by atoms with Crippen molar-refractivity contribution in [3.8, 4) is 0 Å². The molecule has 2 saturated heterocycles. The monoisotopic (exact) mass is 395 g/mol. The lowest BCUT2D eigenvalue weighted by Gasteiger charge is -2.33. The Labute approximate surface area is 164 Å². The minimum absolute atomic E-state index is 0. The predicted octanol–water partition coefficient (Wildman–Crippen LogP) is 2.45.